The van der Waals surface area contributed by atoms with Gasteiger partial charge in [-0.1, -0.05) is 36.4 Å². The van der Waals surface area contributed by atoms with E-state index in [9.17, 15) is 14.9 Å². The lowest BCUT2D eigenvalue weighted by atomic mass is 10.1. The van der Waals surface area contributed by atoms with Crippen molar-refractivity contribution in [1.29, 1.82) is 0 Å². The number of nitro groups is 1. The van der Waals surface area contributed by atoms with E-state index in [0.29, 0.717) is 28.0 Å². The monoisotopic (exact) mass is 359 g/mol. The number of hydrogen-bond donors (Lipinski definition) is 1. The van der Waals surface area contributed by atoms with Crippen LogP contribution >= 0.6 is 0 Å². The minimum atomic E-state index is -0.506. The molecule has 132 valence electrons. The summed E-state index contributed by atoms with van der Waals surface area (Å²) < 4.78 is 5.80. The van der Waals surface area contributed by atoms with Crippen LogP contribution in [0, 0.1) is 10.1 Å². The molecule has 1 N–H and O–H groups in total. The van der Waals surface area contributed by atoms with Crippen molar-refractivity contribution in [3.05, 3.63) is 93.3 Å². The van der Waals surface area contributed by atoms with E-state index in [2.05, 4.69) is 9.97 Å². The average Bonchev–Trinajstić information content (AvgIpc) is 2.69. The topological polar surface area (TPSA) is 98.1 Å². The smallest absolute Gasteiger partial charge is 0.311 e. The molecule has 0 radical (unpaired) electrons. The molecule has 3 aromatic carbocycles. The highest BCUT2D eigenvalue weighted by atomic mass is 16.6. The zero-order valence-corrected chi connectivity index (χ0v) is 14.0. The van der Waals surface area contributed by atoms with Gasteiger partial charge in [-0.15, -0.1) is 0 Å². The zero-order chi connectivity index (χ0) is 18.8. The fourth-order valence-corrected chi connectivity index (χ4v) is 2.78. The molecule has 0 saturated carbocycles. The SMILES string of the molecule is O=c1[nH]c(-c2ccccc2Oc2ccccc2[N+](=O)[O-])nc2ccccc12. The number of nitrogens with one attached hydrogen (secondary N) is 1. The Balaban J connectivity index is 1.83. The Bertz CT molecular complexity index is 1220. The Morgan fingerprint density at radius 1 is 0.889 bits per heavy atom. The summed E-state index contributed by atoms with van der Waals surface area (Å²) in [5, 5.41) is 11.7. The molecule has 0 spiro atoms. The van der Waals surface area contributed by atoms with Gasteiger partial charge in [-0.05, 0) is 30.3 Å². The number of nitrogens with zero attached hydrogens (tertiary/aromatic N) is 2. The van der Waals surface area contributed by atoms with Gasteiger partial charge in [-0.25, -0.2) is 4.98 Å². The molecular weight excluding hydrogens is 346 g/mol. The fraction of sp³-hybridized carbons (Fsp3) is 0. The standard InChI is InChI=1S/C20H13N3O4/c24-20-13-7-1-3-9-15(13)21-19(22-20)14-8-2-5-11-17(14)27-18-12-6-4-10-16(18)23(25)26/h1-12H,(H,21,22,24). The second kappa shape index (κ2) is 6.72. The first kappa shape index (κ1) is 16.5. The van der Waals surface area contributed by atoms with E-state index in [4.69, 9.17) is 4.74 Å². The third-order valence-electron chi connectivity index (χ3n) is 4.04. The van der Waals surface area contributed by atoms with Crippen LogP contribution in [-0.4, -0.2) is 14.9 Å². The summed E-state index contributed by atoms with van der Waals surface area (Å²) in [7, 11) is 0. The third kappa shape index (κ3) is 3.13. The van der Waals surface area contributed by atoms with Crippen LogP contribution in [0.15, 0.2) is 77.6 Å². The van der Waals surface area contributed by atoms with E-state index in [1.54, 1.807) is 60.7 Å². The Morgan fingerprint density at radius 2 is 1.56 bits per heavy atom. The number of fused-ring (bicyclic) bond motifs is 1. The Hall–Kier alpha value is -4.00. The van der Waals surface area contributed by atoms with Gasteiger partial charge in [0.15, 0.2) is 0 Å². The van der Waals surface area contributed by atoms with Crippen LogP contribution in [0.3, 0.4) is 0 Å². The third-order valence-corrected chi connectivity index (χ3v) is 4.04. The fourth-order valence-electron chi connectivity index (χ4n) is 2.78. The number of H-pyrrole nitrogens is 1. The van der Waals surface area contributed by atoms with Gasteiger partial charge in [-0.2, -0.15) is 0 Å². The second-order valence-electron chi connectivity index (χ2n) is 5.75. The highest BCUT2D eigenvalue weighted by molar-refractivity contribution is 5.80. The van der Waals surface area contributed by atoms with Gasteiger partial charge in [0, 0.05) is 6.07 Å². The molecule has 0 atom stereocenters. The van der Waals surface area contributed by atoms with Crippen LogP contribution in [-0.2, 0) is 0 Å². The number of benzene rings is 3. The summed E-state index contributed by atoms with van der Waals surface area (Å²) in [6.07, 6.45) is 0. The van der Waals surface area contributed by atoms with E-state index in [0.717, 1.165) is 0 Å². The minimum Gasteiger partial charge on any atom is -0.449 e. The first-order chi connectivity index (χ1) is 13.1. The van der Waals surface area contributed by atoms with Crippen molar-refractivity contribution in [2.45, 2.75) is 0 Å². The Kier molecular flexibility index (Phi) is 4.10. The maximum atomic E-state index is 12.4. The molecule has 1 heterocycles. The van der Waals surface area contributed by atoms with Gasteiger partial charge in [-0.3, -0.25) is 14.9 Å². The minimum absolute atomic E-state index is 0.109. The van der Waals surface area contributed by atoms with Crippen LogP contribution in [0.2, 0.25) is 0 Å². The van der Waals surface area contributed by atoms with Crippen molar-refractivity contribution in [2.75, 3.05) is 0 Å². The molecule has 7 nitrogen and oxygen atoms in total. The van der Waals surface area contributed by atoms with Crippen molar-refractivity contribution in [3.63, 3.8) is 0 Å². The van der Waals surface area contributed by atoms with Crippen LogP contribution < -0.4 is 10.3 Å². The predicted octanol–water partition coefficient (Wildman–Crippen LogP) is 4.29. The molecule has 0 bridgehead atoms. The molecule has 0 fully saturated rings. The molecule has 0 saturated heterocycles. The molecule has 0 unspecified atom stereocenters. The number of rotatable bonds is 4. The van der Waals surface area contributed by atoms with Crippen molar-refractivity contribution < 1.29 is 9.66 Å². The van der Waals surface area contributed by atoms with E-state index in [1.165, 1.54) is 12.1 Å². The molecule has 7 heteroatoms. The molecule has 0 aliphatic carbocycles. The van der Waals surface area contributed by atoms with Crippen molar-refractivity contribution in [3.8, 4) is 22.9 Å². The average molecular weight is 359 g/mol. The molecular formula is C20H13N3O4. The van der Waals surface area contributed by atoms with Gasteiger partial charge in [0.1, 0.15) is 11.6 Å². The van der Waals surface area contributed by atoms with Crippen LogP contribution in [0.1, 0.15) is 0 Å². The molecule has 0 aliphatic heterocycles. The van der Waals surface area contributed by atoms with Gasteiger partial charge in [0.05, 0.1) is 21.4 Å². The van der Waals surface area contributed by atoms with Crippen LogP contribution in [0.4, 0.5) is 5.69 Å². The second-order valence-corrected chi connectivity index (χ2v) is 5.75. The highest BCUT2D eigenvalue weighted by Gasteiger charge is 2.17. The van der Waals surface area contributed by atoms with Gasteiger partial charge < -0.3 is 9.72 Å². The number of hydrogen-bond acceptors (Lipinski definition) is 5. The first-order valence-electron chi connectivity index (χ1n) is 8.13. The van der Waals surface area contributed by atoms with Crippen LogP contribution in [0.25, 0.3) is 22.3 Å². The van der Waals surface area contributed by atoms with E-state index in [1.807, 2.05) is 0 Å². The van der Waals surface area contributed by atoms with Gasteiger partial charge in [0.25, 0.3) is 5.56 Å². The zero-order valence-electron chi connectivity index (χ0n) is 14.0. The Morgan fingerprint density at radius 3 is 2.37 bits per heavy atom. The normalized spacial score (nSPS) is 10.7. The van der Waals surface area contributed by atoms with Crippen molar-refractivity contribution in [1.82, 2.24) is 9.97 Å². The highest BCUT2D eigenvalue weighted by Crippen LogP contribution is 2.35. The summed E-state index contributed by atoms with van der Waals surface area (Å²) in [6, 6.07) is 20.0. The van der Waals surface area contributed by atoms with Crippen molar-refractivity contribution in [2.24, 2.45) is 0 Å². The number of nitro benzene ring substituents is 1. The quantitative estimate of drug-likeness (QED) is 0.433. The van der Waals surface area contributed by atoms with Gasteiger partial charge in [0.2, 0.25) is 5.75 Å². The van der Waals surface area contributed by atoms with Crippen molar-refractivity contribution >= 4 is 16.6 Å². The maximum absolute atomic E-state index is 12.4. The Labute approximate surface area is 153 Å². The largest absolute Gasteiger partial charge is 0.449 e. The predicted molar refractivity (Wildman–Crippen MR) is 101 cm³/mol. The first-order valence-corrected chi connectivity index (χ1v) is 8.13. The summed E-state index contributed by atoms with van der Waals surface area (Å²) in [5.41, 5.74) is 0.665. The van der Waals surface area contributed by atoms with Crippen LogP contribution in [0.5, 0.6) is 11.5 Å². The molecule has 0 amide bonds. The maximum Gasteiger partial charge on any atom is 0.311 e. The number of ether oxygens (including phenoxy) is 1. The van der Waals surface area contributed by atoms with Gasteiger partial charge >= 0.3 is 5.69 Å². The lowest BCUT2D eigenvalue weighted by Gasteiger charge is -2.11. The van der Waals surface area contributed by atoms with E-state index in [-0.39, 0.29) is 17.0 Å². The lowest BCUT2D eigenvalue weighted by molar-refractivity contribution is -0.385. The summed E-state index contributed by atoms with van der Waals surface area (Å²) in [4.78, 5) is 30.3. The summed E-state index contributed by atoms with van der Waals surface area (Å²) in [6.45, 7) is 0. The number of para-hydroxylation sites is 4. The number of aromatic nitrogens is 2. The molecule has 4 aromatic rings. The molecule has 27 heavy (non-hydrogen) atoms. The summed E-state index contributed by atoms with van der Waals surface area (Å²) >= 11 is 0. The molecule has 0 aliphatic rings. The molecule has 4 rings (SSSR count). The van der Waals surface area contributed by atoms with E-state index >= 15 is 0 Å². The van der Waals surface area contributed by atoms with E-state index < -0.39 is 4.92 Å². The summed E-state index contributed by atoms with van der Waals surface area (Å²) in [5.74, 6) is 0.788. The molecule has 1 aromatic heterocycles. The lowest BCUT2D eigenvalue weighted by Crippen LogP contribution is -2.09. The number of aromatic amines is 1.